The summed E-state index contributed by atoms with van der Waals surface area (Å²) in [7, 11) is 4.20. The number of unbranched alkanes of at least 4 members (excludes halogenated alkanes) is 15. The van der Waals surface area contributed by atoms with Crippen molar-refractivity contribution in [3.05, 3.63) is 24.3 Å². The third-order valence-corrected chi connectivity index (χ3v) is 9.18. The molecule has 8 heteroatoms. The van der Waals surface area contributed by atoms with E-state index in [1.165, 1.54) is 89.9 Å². The number of allylic oxidation sites excluding steroid dienone is 4. The Balaban J connectivity index is 4.22. The van der Waals surface area contributed by atoms with Crippen molar-refractivity contribution in [3.63, 3.8) is 0 Å². The van der Waals surface area contributed by atoms with Crippen LogP contribution in [0, 0.1) is 0 Å². The first-order valence-corrected chi connectivity index (χ1v) is 21.6. The number of rotatable bonds is 40. The average Bonchev–Trinajstić information content (AvgIpc) is 3.13. The zero-order valence-corrected chi connectivity index (χ0v) is 34.9. The van der Waals surface area contributed by atoms with Crippen molar-refractivity contribution in [1.82, 2.24) is 9.80 Å². The predicted molar refractivity (Wildman–Crippen MR) is 219 cm³/mol. The van der Waals surface area contributed by atoms with Gasteiger partial charge in [0.2, 0.25) is 0 Å². The summed E-state index contributed by atoms with van der Waals surface area (Å²) in [6.45, 7) is 11.8. The lowest BCUT2D eigenvalue weighted by Gasteiger charge is -2.23. The van der Waals surface area contributed by atoms with E-state index in [4.69, 9.17) is 18.9 Å². The van der Waals surface area contributed by atoms with E-state index >= 15 is 0 Å². The highest BCUT2D eigenvalue weighted by Crippen LogP contribution is 2.12. The van der Waals surface area contributed by atoms with Crippen molar-refractivity contribution in [3.8, 4) is 0 Å². The normalized spacial score (nSPS) is 12.0. The lowest BCUT2D eigenvalue weighted by atomic mass is 10.1. The molecule has 0 aliphatic carbocycles. The monoisotopic (exact) mass is 737 g/mol. The Bertz CT molecular complexity index is 820. The SMILES string of the molecule is CCCCC/C=C\C/C=C\CCCCCCCCN(CCCN(C)C)CCC(=O)OCCOC(=O)CCC(OCCCCCC)OCCCCCC. The van der Waals surface area contributed by atoms with Gasteiger partial charge in [0, 0.05) is 26.2 Å². The third-order valence-electron chi connectivity index (χ3n) is 9.18. The molecule has 0 atom stereocenters. The number of hydrogen-bond acceptors (Lipinski definition) is 8. The van der Waals surface area contributed by atoms with E-state index in [9.17, 15) is 9.59 Å². The Labute approximate surface area is 321 Å². The molecule has 0 aliphatic heterocycles. The fourth-order valence-corrected chi connectivity index (χ4v) is 5.91. The van der Waals surface area contributed by atoms with E-state index in [2.05, 4.69) is 69.0 Å². The smallest absolute Gasteiger partial charge is 0.307 e. The van der Waals surface area contributed by atoms with Gasteiger partial charge in [0.25, 0.3) is 0 Å². The molecule has 306 valence electrons. The molecule has 0 bridgehead atoms. The number of carbonyl (C=O) groups is 2. The largest absolute Gasteiger partial charge is 0.462 e. The molecule has 0 rings (SSSR count). The van der Waals surface area contributed by atoms with E-state index in [1.807, 2.05) is 0 Å². The van der Waals surface area contributed by atoms with Gasteiger partial charge in [-0.15, -0.1) is 0 Å². The molecular formula is C44H84N2O6. The van der Waals surface area contributed by atoms with Gasteiger partial charge in [-0.1, -0.05) is 122 Å². The van der Waals surface area contributed by atoms with Crippen LogP contribution in [0.3, 0.4) is 0 Å². The Hall–Kier alpha value is -1.74. The van der Waals surface area contributed by atoms with E-state index in [0.717, 1.165) is 64.6 Å². The summed E-state index contributed by atoms with van der Waals surface area (Å²) in [5, 5.41) is 0. The molecule has 0 N–H and O–H groups in total. The summed E-state index contributed by atoms with van der Waals surface area (Å²) in [6, 6.07) is 0. The Morgan fingerprint density at radius 1 is 0.500 bits per heavy atom. The van der Waals surface area contributed by atoms with Crippen LogP contribution in [0.1, 0.15) is 175 Å². The number of carbonyl (C=O) groups excluding carboxylic acids is 2. The molecule has 0 aromatic rings. The molecule has 0 spiro atoms. The lowest BCUT2D eigenvalue weighted by molar-refractivity contribution is -0.161. The standard InChI is InChI=1S/C44H84N2O6/c1-6-9-12-15-16-17-18-19-20-21-22-23-24-25-26-27-35-46(36-30-34-45(4)5)37-33-43(48)50-41-40-49-42(47)31-32-44(51-38-28-13-10-7-2)52-39-29-14-11-8-3/h16-17,19-20,44H,6-15,18,21-41H2,1-5H3/b17-16-,20-19-. The van der Waals surface area contributed by atoms with Crippen molar-refractivity contribution in [2.45, 2.75) is 181 Å². The summed E-state index contributed by atoms with van der Waals surface area (Å²) in [4.78, 5) is 29.5. The number of ether oxygens (including phenoxy) is 4. The van der Waals surface area contributed by atoms with Gasteiger partial charge in [0.15, 0.2) is 6.29 Å². The average molecular weight is 737 g/mol. The molecule has 0 unspecified atom stereocenters. The molecule has 0 aromatic heterocycles. The van der Waals surface area contributed by atoms with E-state index in [0.29, 0.717) is 32.6 Å². The fraction of sp³-hybridized carbons (Fsp3) is 0.864. The molecule has 8 nitrogen and oxygen atoms in total. The number of esters is 2. The summed E-state index contributed by atoms with van der Waals surface area (Å²) < 4.78 is 22.7. The van der Waals surface area contributed by atoms with Crippen LogP contribution in [0.2, 0.25) is 0 Å². The number of hydrogen-bond donors (Lipinski definition) is 0. The van der Waals surface area contributed by atoms with Crippen LogP contribution in [0.5, 0.6) is 0 Å². The van der Waals surface area contributed by atoms with Crippen LogP contribution < -0.4 is 0 Å². The van der Waals surface area contributed by atoms with Gasteiger partial charge in [-0.25, -0.2) is 0 Å². The first kappa shape index (κ1) is 50.3. The Morgan fingerprint density at radius 3 is 1.56 bits per heavy atom. The van der Waals surface area contributed by atoms with Crippen molar-refractivity contribution in [2.24, 2.45) is 0 Å². The predicted octanol–water partition coefficient (Wildman–Crippen LogP) is 10.8. The highest BCUT2D eigenvalue weighted by Gasteiger charge is 2.14. The van der Waals surface area contributed by atoms with E-state index in [1.54, 1.807) is 0 Å². The van der Waals surface area contributed by atoms with Crippen molar-refractivity contribution < 1.29 is 28.5 Å². The molecule has 0 heterocycles. The molecule has 0 radical (unpaired) electrons. The van der Waals surface area contributed by atoms with Crippen LogP contribution in [-0.4, -0.2) is 94.7 Å². The second-order valence-electron chi connectivity index (χ2n) is 14.6. The van der Waals surface area contributed by atoms with Gasteiger partial charge in [0.1, 0.15) is 13.2 Å². The summed E-state index contributed by atoms with van der Waals surface area (Å²) >= 11 is 0. The quantitative estimate of drug-likeness (QED) is 0.0266. The van der Waals surface area contributed by atoms with E-state index < -0.39 is 0 Å². The highest BCUT2D eigenvalue weighted by atomic mass is 16.7. The minimum atomic E-state index is -0.385. The van der Waals surface area contributed by atoms with Crippen LogP contribution in [0.25, 0.3) is 0 Å². The molecule has 0 aliphatic rings. The van der Waals surface area contributed by atoms with Crippen molar-refractivity contribution in [1.29, 1.82) is 0 Å². The second kappa shape index (κ2) is 40.4. The molecule has 0 aromatic carbocycles. The minimum Gasteiger partial charge on any atom is -0.462 e. The molecule has 0 amide bonds. The van der Waals surface area contributed by atoms with Crippen LogP contribution in [0.4, 0.5) is 0 Å². The van der Waals surface area contributed by atoms with Gasteiger partial charge in [-0.3, -0.25) is 9.59 Å². The van der Waals surface area contributed by atoms with Crippen molar-refractivity contribution in [2.75, 3.05) is 66.7 Å². The van der Waals surface area contributed by atoms with Gasteiger partial charge < -0.3 is 28.7 Å². The van der Waals surface area contributed by atoms with Crippen LogP contribution in [0.15, 0.2) is 24.3 Å². The molecule has 52 heavy (non-hydrogen) atoms. The molecular weight excluding hydrogens is 652 g/mol. The van der Waals surface area contributed by atoms with Gasteiger partial charge in [-0.2, -0.15) is 0 Å². The van der Waals surface area contributed by atoms with Crippen LogP contribution in [-0.2, 0) is 28.5 Å². The number of nitrogens with zero attached hydrogens (tertiary/aromatic N) is 2. The lowest BCUT2D eigenvalue weighted by Crippen LogP contribution is -2.31. The fourth-order valence-electron chi connectivity index (χ4n) is 5.91. The maximum absolute atomic E-state index is 12.5. The highest BCUT2D eigenvalue weighted by molar-refractivity contribution is 5.70. The zero-order chi connectivity index (χ0) is 38.2. The van der Waals surface area contributed by atoms with Gasteiger partial charge >= 0.3 is 11.9 Å². The van der Waals surface area contributed by atoms with E-state index in [-0.39, 0.29) is 37.9 Å². The van der Waals surface area contributed by atoms with Gasteiger partial charge in [-0.05, 0) is 91.5 Å². The summed E-state index contributed by atoms with van der Waals surface area (Å²) in [6.07, 6.45) is 35.0. The molecule has 0 saturated heterocycles. The third kappa shape index (κ3) is 38.0. The second-order valence-corrected chi connectivity index (χ2v) is 14.6. The molecule has 0 fully saturated rings. The zero-order valence-electron chi connectivity index (χ0n) is 34.9. The summed E-state index contributed by atoms with van der Waals surface area (Å²) in [5.74, 6) is -0.552. The first-order valence-electron chi connectivity index (χ1n) is 21.6. The Kier molecular flexibility index (Phi) is 39.1. The topological polar surface area (TPSA) is 77.5 Å². The van der Waals surface area contributed by atoms with Crippen LogP contribution >= 0.6 is 0 Å². The minimum absolute atomic E-state index is 0.0738. The van der Waals surface area contributed by atoms with Crippen molar-refractivity contribution >= 4 is 11.9 Å². The maximum Gasteiger partial charge on any atom is 0.307 e. The maximum atomic E-state index is 12.5. The first-order chi connectivity index (χ1) is 25.4. The molecule has 0 saturated carbocycles. The summed E-state index contributed by atoms with van der Waals surface area (Å²) in [5.41, 5.74) is 0. The Morgan fingerprint density at radius 2 is 0.981 bits per heavy atom. The van der Waals surface area contributed by atoms with Gasteiger partial charge in [0.05, 0.1) is 12.8 Å².